The quantitative estimate of drug-likeness (QED) is 0.881. The molecule has 1 unspecified atom stereocenters. The monoisotopic (exact) mass is 293 g/mol. The lowest BCUT2D eigenvalue weighted by molar-refractivity contribution is -0.124. The van der Waals surface area contributed by atoms with Crippen LogP contribution in [0.1, 0.15) is 50.1 Å². The largest absolute Gasteiger partial charge is 0.311 e. The van der Waals surface area contributed by atoms with Crippen molar-refractivity contribution in [2.45, 2.75) is 52.5 Å². The number of carbonyl (C=O) groups is 1. The number of anilines is 1. The van der Waals surface area contributed by atoms with Gasteiger partial charge in [0.05, 0.1) is 5.69 Å². The van der Waals surface area contributed by atoms with Gasteiger partial charge in [-0.05, 0) is 18.3 Å². The Hall–Kier alpha value is -0.940. The first-order chi connectivity index (χ1) is 9.56. The zero-order valence-electron chi connectivity index (χ0n) is 12.3. The van der Waals surface area contributed by atoms with Gasteiger partial charge in [0.25, 0.3) is 0 Å². The number of amides is 1. The lowest BCUT2D eigenvalue weighted by Crippen LogP contribution is -2.37. The number of carbonyl (C=O) groups excluding carboxylic acids is 1. The van der Waals surface area contributed by atoms with E-state index in [1.165, 1.54) is 17.7 Å². The van der Waals surface area contributed by atoms with Crippen molar-refractivity contribution in [1.82, 2.24) is 10.3 Å². The molecule has 1 aromatic heterocycles. The highest BCUT2D eigenvalue weighted by Gasteiger charge is 2.37. The Kier molecular flexibility index (Phi) is 3.82. The zero-order chi connectivity index (χ0) is 14.2. The SMILES string of the molecule is CC1(C)CCCCC1C(=O)Nc1nc2c(s1)CNCC2. The van der Waals surface area contributed by atoms with Crippen LogP contribution in [0.15, 0.2) is 0 Å². The Morgan fingerprint density at radius 3 is 3.05 bits per heavy atom. The summed E-state index contributed by atoms with van der Waals surface area (Å²) in [5.74, 6) is 0.282. The summed E-state index contributed by atoms with van der Waals surface area (Å²) in [6.07, 6.45) is 5.53. The van der Waals surface area contributed by atoms with Gasteiger partial charge in [0.2, 0.25) is 5.91 Å². The molecule has 1 aromatic rings. The van der Waals surface area contributed by atoms with E-state index in [4.69, 9.17) is 0 Å². The molecule has 5 heteroatoms. The summed E-state index contributed by atoms with van der Waals surface area (Å²) in [4.78, 5) is 18.4. The molecule has 1 atom stereocenters. The van der Waals surface area contributed by atoms with Gasteiger partial charge in [-0.3, -0.25) is 4.79 Å². The van der Waals surface area contributed by atoms with Crippen LogP contribution in [0.4, 0.5) is 5.13 Å². The lowest BCUT2D eigenvalue weighted by Gasteiger charge is -2.37. The van der Waals surface area contributed by atoms with Crippen LogP contribution in [-0.2, 0) is 17.8 Å². The number of hydrogen-bond acceptors (Lipinski definition) is 4. The molecule has 1 fully saturated rings. The van der Waals surface area contributed by atoms with Gasteiger partial charge in [0, 0.05) is 30.3 Å². The van der Waals surface area contributed by atoms with Gasteiger partial charge in [-0.1, -0.05) is 26.7 Å². The third kappa shape index (κ3) is 2.74. The van der Waals surface area contributed by atoms with Crippen LogP contribution in [0, 0.1) is 11.3 Å². The van der Waals surface area contributed by atoms with Crippen LogP contribution in [0.2, 0.25) is 0 Å². The molecule has 0 radical (unpaired) electrons. The summed E-state index contributed by atoms with van der Waals surface area (Å²) < 4.78 is 0. The summed E-state index contributed by atoms with van der Waals surface area (Å²) in [5, 5.41) is 7.19. The fourth-order valence-corrected chi connectivity index (χ4v) is 4.33. The Morgan fingerprint density at radius 1 is 1.45 bits per heavy atom. The van der Waals surface area contributed by atoms with Crippen molar-refractivity contribution < 1.29 is 4.79 Å². The van der Waals surface area contributed by atoms with E-state index >= 15 is 0 Å². The molecule has 0 aromatic carbocycles. The molecule has 0 bridgehead atoms. The molecule has 4 nitrogen and oxygen atoms in total. The van der Waals surface area contributed by atoms with Crippen molar-refractivity contribution in [3.8, 4) is 0 Å². The predicted molar refractivity (Wildman–Crippen MR) is 81.9 cm³/mol. The number of hydrogen-bond donors (Lipinski definition) is 2. The Morgan fingerprint density at radius 2 is 2.30 bits per heavy atom. The molecule has 3 rings (SSSR count). The van der Waals surface area contributed by atoms with Gasteiger partial charge in [-0.2, -0.15) is 0 Å². The molecule has 0 saturated heterocycles. The predicted octanol–water partition coefficient (Wildman–Crippen LogP) is 2.94. The van der Waals surface area contributed by atoms with Crippen LogP contribution in [-0.4, -0.2) is 17.4 Å². The second kappa shape index (κ2) is 5.45. The summed E-state index contributed by atoms with van der Waals surface area (Å²) >= 11 is 1.62. The lowest BCUT2D eigenvalue weighted by atomic mass is 9.68. The van der Waals surface area contributed by atoms with Crippen molar-refractivity contribution in [2.75, 3.05) is 11.9 Å². The third-order valence-corrected chi connectivity index (χ3v) is 5.67. The van der Waals surface area contributed by atoms with Crippen LogP contribution in [0.25, 0.3) is 0 Å². The Bertz CT molecular complexity index is 486. The topological polar surface area (TPSA) is 54.0 Å². The van der Waals surface area contributed by atoms with Crippen LogP contribution in [0.3, 0.4) is 0 Å². The number of nitrogens with zero attached hydrogens (tertiary/aromatic N) is 1. The standard InChI is InChI=1S/C15H23N3OS/c1-15(2)7-4-3-5-10(15)13(19)18-14-17-11-6-8-16-9-12(11)20-14/h10,16H,3-9H2,1-2H3,(H,17,18,19). The van der Waals surface area contributed by atoms with E-state index in [-0.39, 0.29) is 17.2 Å². The van der Waals surface area contributed by atoms with Crippen molar-refractivity contribution in [3.63, 3.8) is 0 Å². The van der Waals surface area contributed by atoms with Gasteiger partial charge in [-0.25, -0.2) is 4.98 Å². The minimum atomic E-state index is 0.112. The summed E-state index contributed by atoms with van der Waals surface area (Å²) in [6.45, 7) is 6.30. The normalized spacial score (nSPS) is 25.0. The van der Waals surface area contributed by atoms with E-state index in [0.717, 1.165) is 43.2 Å². The van der Waals surface area contributed by atoms with E-state index in [1.54, 1.807) is 11.3 Å². The van der Waals surface area contributed by atoms with Crippen molar-refractivity contribution >= 4 is 22.4 Å². The highest BCUT2D eigenvalue weighted by molar-refractivity contribution is 7.15. The fraction of sp³-hybridized carbons (Fsp3) is 0.733. The highest BCUT2D eigenvalue weighted by atomic mass is 32.1. The van der Waals surface area contributed by atoms with E-state index in [1.807, 2.05) is 0 Å². The first-order valence-corrected chi connectivity index (χ1v) is 8.38. The molecule has 1 amide bonds. The molecule has 1 saturated carbocycles. The first kappa shape index (κ1) is 14.0. The van der Waals surface area contributed by atoms with Crippen molar-refractivity contribution in [3.05, 3.63) is 10.6 Å². The molecule has 20 heavy (non-hydrogen) atoms. The van der Waals surface area contributed by atoms with Gasteiger partial charge < -0.3 is 10.6 Å². The van der Waals surface area contributed by atoms with Crippen LogP contribution < -0.4 is 10.6 Å². The Labute approximate surface area is 124 Å². The number of fused-ring (bicyclic) bond motifs is 1. The molecule has 2 aliphatic rings. The number of thiazole rings is 1. The summed E-state index contributed by atoms with van der Waals surface area (Å²) in [7, 11) is 0. The minimum Gasteiger partial charge on any atom is -0.311 e. The van der Waals surface area contributed by atoms with E-state index in [0.29, 0.717) is 0 Å². The fourth-order valence-electron chi connectivity index (χ4n) is 3.35. The number of aromatic nitrogens is 1. The van der Waals surface area contributed by atoms with Gasteiger partial charge >= 0.3 is 0 Å². The maximum Gasteiger partial charge on any atom is 0.229 e. The van der Waals surface area contributed by atoms with Crippen LogP contribution >= 0.6 is 11.3 Å². The molecule has 0 spiro atoms. The molecule has 2 heterocycles. The second-order valence-electron chi connectivity index (χ2n) is 6.59. The second-order valence-corrected chi connectivity index (χ2v) is 7.68. The average molecular weight is 293 g/mol. The first-order valence-electron chi connectivity index (χ1n) is 7.56. The molecular formula is C15H23N3OS. The smallest absolute Gasteiger partial charge is 0.229 e. The summed E-state index contributed by atoms with van der Waals surface area (Å²) in [5.41, 5.74) is 1.27. The van der Waals surface area contributed by atoms with Gasteiger partial charge in [-0.15, -0.1) is 11.3 Å². The Balaban J connectivity index is 1.70. The van der Waals surface area contributed by atoms with E-state index < -0.39 is 0 Å². The maximum atomic E-state index is 12.5. The van der Waals surface area contributed by atoms with E-state index in [9.17, 15) is 4.79 Å². The van der Waals surface area contributed by atoms with E-state index in [2.05, 4.69) is 29.5 Å². The van der Waals surface area contributed by atoms with Crippen molar-refractivity contribution in [1.29, 1.82) is 0 Å². The zero-order valence-corrected chi connectivity index (χ0v) is 13.1. The minimum absolute atomic E-state index is 0.112. The molecule has 1 aliphatic heterocycles. The average Bonchev–Trinajstić information content (AvgIpc) is 2.80. The van der Waals surface area contributed by atoms with Crippen molar-refractivity contribution in [2.24, 2.45) is 11.3 Å². The molecule has 1 aliphatic carbocycles. The number of nitrogens with one attached hydrogen (secondary N) is 2. The van der Waals surface area contributed by atoms with Gasteiger partial charge in [0.15, 0.2) is 5.13 Å². The molecule has 2 N–H and O–H groups in total. The van der Waals surface area contributed by atoms with Gasteiger partial charge in [0.1, 0.15) is 0 Å². The molecule has 110 valence electrons. The third-order valence-electron chi connectivity index (χ3n) is 4.66. The van der Waals surface area contributed by atoms with Crippen LogP contribution in [0.5, 0.6) is 0 Å². The number of rotatable bonds is 2. The highest BCUT2D eigenvalue weighted by Crippen LogP contribution is 2.41. The summed E-state index contributed by atoms with van der Waals surface area (Å²) in [6, 6.07) is 0. The maximum absolute atomic E-state index is 12.5. The molecular weight excluding hydrogens is 270 g/mol.